The monoisotopic (exact) mass is 239 g/mol. The molecule has 0 aromatic carbocycles. The number of nitrogens with two attached hydrogens (primary N) is 1. The lowest BCUT2D eigenvalue weighted by atomic mass is 10.3. The van der Waals surface area contributed by atoms with Gasteiger partial charge in [0.15, 0.2) is 0 Å². The SMILES string of the molecule is C/C=C/CCNC(=O)c1csc(C(C)N)n1. The minimum atomic E-state index is -0.132. The van der Waals surface area contributed by atoms with Crippen LogP contribution in [0.1, 0.15) is 41.8 Å². The van der Waals surface area contributed by atoms with Crippen molar-refractivity contribution in [1.29, 1.82) is 0 Å². The maximum absolute atomic E-state index is 11.6. The molecule has 88 valence electrons. The van der Waals surface area contributed by atoms with Crippen LogP contribution >= 0.6 is 11.3 Å². The van der Waals surface area contributed by atoms with Crippen LogP contribution in [0.2, 0.25) is 0 Å². The fourth-order valence-electron chi connectivity index (χ4n) is 1.13. The summed E-state index contributed by atoms with van der Waals surface area (Å²) in [6.07, 6.45) is 4.81. The average molecular weight is 239 g/mol. The van der Waals surface area contributed by atoms with Gasteiger partial charge < -0.3 is 11.1 Å². The van der Waals surface area contributed by atoms with Gasteiger partial charge in [0, 0.05) is 11.9 Å². The van der Waals surface area contributed by atoms with Crippen molar-refractivity contribution in [3.05, 3.63) is 28.2 Å². The Morgan fingerprint density at radius 1 is 1.75 bits per heavy atom. The zero-order valence-corrected chi connectivity index (χ0v) is 10.4. The van der Waals surface area contributed by atoms with Gasteiger partial charge in [-0.1, -0.05) is 12.2 Å². The van der Waals surface area contributed by atoms with Gasteiger partial charge in [-0.3, -0.25) is 4.79 Å². The predicted molar refractivity (Wildman–Crippen MR) is 66.5 cm³/mol. The van der Waals surface area contributed by atoms with E-state index in [1.165, 1.54) is 11.3 Å². The number of nitrogens with zero attached hydrogens (tertiary/aromatic N) is 1. The van der Waals surface area contributed by atoms with Crippen molar-refractivity contribution in [3.63, 3.8) is 0 Å². The lowest BCUT2D eigenvalue weighted by Crippen LogP contribution is -2.24. The summed E-state index contributed by atoms with van der Waals surface area (Å²) in [7, 11) is 0. The van der Waals surface area contributed by atoms with E-state index in [0.717, 1.165) is 11.4 Å². The molecule has 1 aromatic heterocycles. The van der Waals surface area contributed by atoms with E-state index in [1.54, 1.807) is 5.38 Å². The van der Waals surface area contributed by atoms with E-state index in [9.17, 15) is 4.79 Å². The van der Waals surface area contributed by atoms with Gasteiger partial charge in [-0.15, -0.1) is 11.3 Å². The molecule has 0 aliphatic carbocycles. The van der Waals surface area contributed by atoms with Crippen LogP contribution in [0.15, 0.2) is 17.5 Å². The first-order chi connectivity index (χ1) is 7.65. The van der Waals surface area contributed by atoms with Gasteiger partial charge in [-0.2, -0.15) is 0 Å². The second-order valence-corrected chi connectivity index (χ2v) is 4.36. The number of rotatable bonds is 5. The van der Waals surface area contributed by atoms with Crippen molar-refractivity contribution in [2.45, 2.75) is 26.3 Å². The molecule has 1 amide bonds. The molecule has 16 heavy (non-hydrogen) atoms. The summed E-state index contributed by atoms with van der Waals surface area (Å²) in [5.41, 5.74) is 6.13. The van der Waals surface area contributed by atoms with E-state index in [1.807, 2.05) is 26.0 Å². The number of aromatic nitrogens is 1. The number of nitrogens with one attached hydrogen (secondary N) is 1. The summed E-state index contributed by atoms with van der Waals surface area (Å²) < 4.78 is 0. The summed E-state index contributed by atoms with van der Waals surface area (Å²) in [5, 5.41) is 5.33. The predicted octanol–water partition coefficient (Wildman–Crippen LogP) is 1.86. The Bertz CT molecular complexity index is 371. The van der Waals surface area contributed by atoms with Crippen molar-refractivity contribution in [1.82, 2.24) is 10.3 Å². The molecule has 0 spiro atoms. The minimum Gasteiger partial charge on any atom is -0.350 e. The van der Waals surface area contributed by atoms with Crippen LogP contribution in [0, 0.1) is 0 Å². The number of allylic oxidation sites excluding steroid dienone is 1. The molecule has 4 nitrogen and oxygen atoms in total. The van der Waals surface area contributed by atoms with Gasteiger partial charge in [0.1, 0.15) is 10.7 Å². The molecule has 1 aromatic rings. The fraction of sp³-hybridized carbons (Fsp3) is 0.455. The highest BCUT2D eigenvalue weighted by Gasteiger charge is 2.11. The average Bonchev–Trinajstić information content (AvgIpc) is 2.73. The molecule has 1 atom stereocenters. The van der Waals surface area contributed by atoms with E-state index in [0.29, 0.717) is 12.2 Å². The maximum atomic E-state index is 11.6. The molecule has 0 aliphatic rings. The number of thiazole rings is 1. The van der Waals surface area contributed by atoms with Crippen LogP contribution < -0.4 is 11.1 Å². The molecule has 0 saturated heterocycles. The van der Waals surface area contributed by atoms with Crippen LogP contribution in [-0.2, 0) is 0 Å². The molecule has 0 saturated carbocycles. The highest BCUT2D eigenvalue weighted by atomic mass is 32.1. The van der Waals surface area contributed by atoms with E-state index in [2.05, 4.69) is 10.3 Å². The molecule has 0 radical (unpaired) electrons. The molecule has 3 N–H and O–H groups in total. The second-order valence-electron chi connectivity index (χ2n) is 3.47. The highest BCUT2D eigenvalue weighted by molar-refractivity contribution is 7.09. The lowest BCUT2D eigenvalue weighted by Gasteiger charge is -2.00. The summed E-state index contributed by atoms with van der Waals surface area (Å²) in [6.45, 7) is 4.44. The van der Waals surface area contributed by atoms with Crippen LogP contribution in [0.5, 0.6) is 0 Å². The molecule has 5 heteroatoms. The Morgan fingerprint density at radius 3 is 3.06 bits per heavy atom. The van der Waals surface area contributed by atoms with Crippen LogP contribution in [0.4, 0.5) is 0 Å². The zero-order chi connectivity index (χ0) is 12.0. The molecule has 1 rings (SSSR count). The van der Waals surface area contributed by atoms with Crippen molar-refractivity contribution in [2.24, 2.45) is 5.73 Å². The molecule has 0 aliphatic heterocycles. The quantitative estimate of drug-likeness (QED) is 0.608. The largest absolute Gasteiger partial charge is 0.350 e. The topological polar surface area (TPSA) is 68.0 Å². The number of amides is 1. The van der Waals surface area contributed by atoms with E-state index < -0.39 is 0 Å². The van der Waals surface area contributed by atoms with Crippen molar-refractivity contribution in [2.75, 3.05) is 6.54 Å². The molecule has 0 bridgehead atoms. The third-order valence-corrected chi connectivity index (χ3v) is 3.02. The smallest absolute Gasteiger partial charge is 0.270 e. The Hall–Kier alpha value is -1.20. The lowest BCUT2D eigenvalue weighted by molar-refractivity contribution is 0.0950. The first-order valence-corrected chi connectivity index (χ1v) is 6.13. The highest BCUT2D eigenvalue weighted by Crippen LogP contribution is 2.15. The number of carbonyl (C=O) groups excluding carboxylic acids is 1. The first-order valence-electron chi connectivity index (χ1n) is 5.25. The molecule has 1 heterocycles. The maximum Gasteiger partial charge on any atom is 0.270 e. The Kier molecular flexibility index (Phi) is 5.14. The summed E-state index contributed by atoms with van der Waals surface area (Å²) in [6, 6.07) is -0.116. The van der Waals surface area contributed by atoms with Crippen molar-refractivity contribution in [3.8, 4) is 0 Å². The minimum absolute atomic E-state index is 0.116. The van der Waals surface area contributed by atoms with E-state index in [-0.39, 0.29) is 11.9 Å². The zero-order valence-electron chi connectivity index (χ0n) is 9.56. The fourth-order valence-corrected chi connectivity index (χ4v) is 1.89. The van der Waals surface area contributed by atoms with Crippen molar-refractivity contribution < 1.29 is 4.79 Å². The summed E-state index contributed by atoms with van der Waals surface area (Å²) >= 11 is 1.42. The first kappa shape index (κ1) is 12.9. The van der Waals surface area contributed by atoms with Gasteiger partial charge in [-0.25, -0.2) is 4.98 Å². The van der Waals surface area contributed by atoms with E-state index >= 15 is 0 Å². The second kappa shape index (κ2) is 6.40. The normalized spacial score (nSPS) is 12.9. The van der Waals surface area contributed by atoms with Crippen LogP contribution in [0.25, 0.3) is 0 Å². The number of hydrogen-bond acceptors (Lipinski definition) is 4. The van der Waals surface area contributed by atoms with Crippen LogP contribution in [0.3, 0.4) is 0 Å². The third-order valence-electron chi connectivity index (χ3n) is 1.98. The molecular formula is C11H17N3OS. The van der Waals surface area contributed by atoms with Gasteiger partial charge in [0.05, 0.1) is 6.04 Å². The Balaban J connectivity index is 2.46. The summed E-state index contributed by atoms with van der Waals surface area (Å²) in [5.74, 6) is -0.132. The molecule has 1 unspecified atom stereocenters. The third kappa shape index (κ3) is 3.75. The number of carbonyl (C=O) groups is 1. The Labute approximate surface area is 99.6 Å². The molecular weight excluding hydrogens is 222 g/mol. The standard InChI is InChI=1S/C11H17N3OS/c1-3-4-5-6-13-10(15)9-7-16-11(14-9)8(2)12/h3-4,7-8H,5-6,12H2,1-2H3,(H,13,15)/b4-3+. The van der Waals surface area contributed by atoms with Crippen LogP contribution in [-0.4, -0.2) is 17.4 Å². The van der Waals surface area contributed by atoms with Gasteiger partial charge >= 0.3 is 0 Å². The van der Waals surface area contributed by atoms with E-state index in [4.69, 9.17) is 5.73 Å². The molecule has 0 fully saturated rings. The Morgan fingerprint density at radius 2 is 2.50 bits per heavy atom. The van der Waals surface area contributed by atoms with Crippen molar-refractivity contribution >= 4 is 17.2 Å². The van der Waals surface area contributed by atoms with Gasteiger partial charge in [-0.05, 0) is 20.3 Å². The van der Waals surface area contributed by atoms with Gasteiger partial charge in [0.25, 0.3) is 5.91 Å². The van der Waals surface area contributed by atoms with Gasteiger partial charge in [0.2, 0.25) is 0 Å². The number of hydrogen-bond donors (Lipinski definition) is 2. The summed E-state index contributed by atoms with van der Waals surface area (Å²) in [4.78, 5) is 15.8.